The number of rotatable bonds is 11. The molecule has 1 N–H and O–H groups in total. The van der Waals surface area contributed by atoms with Gasteiger partial charge in [-0.1, -0.05) is 43.6 Å². The van der Waals surface area contributed by atoms with E-state index in [4.69, 9.17) is 11.6 Å². The Labute approximate surface area is 210 Å². The number of hydrogen-bond acceptors (Lipinski definition) is 4. The maximum atomic E-state index is 13.8. The standard InChI is InChI=1S/C24H30ClF2N3O4S/c1-5-16(3)28-24(32)22(6-2)29(14-17-9-7-8-10-19(17)25)23(31)15-30(35(4,33)34)18-11-12-20(26)21(27)13-18/h7-13,16,22H,5-6,14-15H2,1-4H3,(H,28,32)/t16-,22-/m1/s1. The number of sulfonamides is 1. The molecule has 0 aromatic heterocycles. The van der Waals surface area contributed by atoms with Gasteiger partial charge in [0.05, 0.1) is 11.9 Å². The minimum Gasteiger partial charge on any atom is -0.352 e. The summed E-state index contributed by atoms with van der Waals surface area (Å²) in [6.45, 7) is 4.70. The summed E-state index contributed by atoms with van der Waals surface area (Å²) in [5.41, 5.74) is 0.352. The zero-order valence-corrected chi connectivity index (χ0v) is 21.7. The lowest BCUT2D eigenvalue weighted by Crippen LogP contribution is -2.53. The molecule has 35 heavy (non-hydrogen) atoms. The predicted molar refractivity (Wildman–Crippen MR) is 133 cm³/mol. The molecule has 0 aliphatic rings. The van der Waals surface area contributed by atoms with Gasteiger partial charge >= 0.3 is 0 Å². The van der Waals surface area contributed by atoms with Crippen LogP contribution in [0, 0.1) is 11.6 Å². The summed E-state index contributed by atoms with van der Waals surface area (Å²) < 4.78 is 52.9. The zero-order chi connectivity index (χ0) is 26.3. The van der Waals surface area contributed by atoms with Crippen molar-refractivity contribution in [3.8, 4) is 0 Å². The second-order valence-corrected chi connectivity index (χ2v) is 10.5. The first kappa shape index (κ1) is 28.5. The Bertz CT molecular complexity index is 1160. The largest absolute Gasteiger partial charge is 0.352 e. The predicted octanol–water partition coefficient (Wildman–Crippen LogP) is 4.11. The van der Waals surface area contributed by atoms with Crippen molar-refractivity contribution in [3.63, 3.8) is 0 Å². The number of halogens is 3. The molecule has 2 rings (SSSR count). The molecule has 0 saturated carbocycles. The molecule has 0 aliphatic carbocycles. The van der Waals surface area contributed by atoms with Crippen molar-refractivity contribution < 1.29 is 26.8 Å². The summed E-state index contributed by atoms with van der Waals surface area (Å²) >= 11 is 6.29. The molecular formula is C24H30ClF2N3O4S. The van der Waals surface area contributed by atoms with Crippen molar-refractivity contribution >= 4 is 39.1 Å². The van der Waals surface area contributed by atoms with Crippen LogP contribution >= 0.6 is 11.6 Å². The SMILES string of the molecule is CC[C@@H](C)NC(=O)[C@@H](CC)N(Cc1ccccc1Cl)C(=O)CN(c1ccc(F)c(F)c1)S(C)(=O)=O. The first-order chi connectivity index (χ1) is 16.4. The lowest BCUT2D eigenvalue weighted by molar-refractivity contribution is -0.140. The molecule has 0 aliphatic heterocycles. The van der Waals surface area contributed by atoms with E-state index in [1.54, 1.807) is 31.2 Å². The highest BCUT2D eigenvalue weighted by atomic mass is 35.5. The number of benzene rings is 2. The van der Waals surface area contributed by atoms with E-state index in [0.29, 0.717) is 27.4 Å². The quantitative estimate of drug-likeness (QED) is 0.474. The van der Waals surface area contributed by atoms with Gasteiger partial charge in [0.1, 0.15) is 12.6 Å². The smallest absolute Gasteiger partial charge is 0.244 e. The molecule has 0 radical (unpaired) electrons. The van der Waals surface area contributed by atoms with Crippen molar-refractivity contribution in [1.82, 2.24) is 10.2 Å². The van der Waals surface area contributed by atoms with Gasteiger partial charge in [-0.3, -0.25) is 13.9 Å². The number of anilines is 1. The van der Waals surface area contributed by atoms with Crippen LogP contribution in [0.2, 0.25) is 5.02 Å². The summed E-state index contributed by atoms with van der Waals surface area (Å²) in [6.07, 6.45) is 1.79. The van der Waals surface area contributed by atoms with E-state index in [-0.39, 0.29) is 30.6 Å². The van der Waals surface area contributed by atoms with Crippen molar-refractivity contribution in [2.24, 2.45) is 0 Å². The van der Waals surface area contributed by atoms with Gasteiger partial charge in [-0.15, -0.1) is 0 Å². The van der Waals surface area contributed by atoms with Gasteiger partial charge in [0.25, 0.3) is 0 Å². The summed E-state index contributed by atoms with van der Waals surface area (Å²) in [5.74, 6) is -3.50. The minimum atomic E-state index is -4.06. The highest BCUT2D eigenvalue weighted by Gasteiger charge is 2.32. The van der Waals surface area contributed by atoms with Gasteiger partial charge in [0.15, 0.2) is 11.6 Å². The molecule has 11 heteroatoms. The number of nitrogens with zero attached hydrogens (tertiary/aromatic N) is 2. The maximum Gasteiger partial charge on any atom is 0.244 e. The molecular weight excluding hydrogens is 500 g/mol. The Morgan fingerprint density at radius 2 is 1.71 bits per heavy atom. The van der Waals surface area contributed by atoms with Crippen LogP contribution in [-0.2, 0) is 26.2 Å². The molecule has 0 spiro atoms. The third-order valence-electron chi connectivity index (χ3n) is 5.56. The van der Waals surface area contributed by atoms with E-state index >= 15 is 0 Å². The minimum absolute atomic E-state index is 0.0552. The lowest BCUT2D eigenvalue weighted by atomic mass is 10.1. The topological polar surface area (TPSA) is 86.8 Å². The second kappa shape index (κ2) is 12.3. The number of hydrogen-bond donors (Lipinski definition) is 1. The maximum absolute atomic E-state index is 13.8. The van der Waals surface area contributed by atoms with E-state index in [0.717, 1.165) is 18.4 Å². The van der Waals surface area contributed by atoms with E-state index in [1.165, 1.54) is 4.90 Å². The number of nitrogens with one attached hydrogen (secondary N) is 1. The highest BCUT2D eigenvalue weighted by molar-refractivity contribution is 7.92. The zero-order valence-electron chi connectivity index (χ0n) is 20.1. The molecule has 192 valence electrons. The molecule has 0 bridgehead atoms. The van der Waals surface area contributed by atoms with Crippen LogP contribution in [-0.4, -0.2) is 50.0 Å². The van der Waals surface area contributed by atoms with Crippen molar-refractivity contribution in [3.05, 3.63) is 64.7 Å². The Hall–Kier alpha value is -2.72. The first-order valence-corrected chi connectivity index (χ1v) is 13.4. The van der Waals surface area contributed by atoms with Crippen LogP contribution in [0.3, 0.4) is 0 Å². The molecule has 2 amide bonds. The average molecular weight is 530 g/mol. The molecule has 2 aromatic rings. The van der Waals surface area contributed by atoms with Gasteiger partial charge in [-0.25, -0.2) is 17.2 Å². The van der Waals surface area contributed by atoms with Crippen molar-refractivity contribution in [1.29, 1.82) is 0 Å². The summed E-state index contributed by atoms with van der Waals surface area (Å²) in [7, 11) is -4.06. The Balaban J connectivity index is 2.47. The Morgan fingerprint density at radius 1 is 1.06 bits per heavy atom. The Morgan fingerprint density at radius 3 is 2.26 bits per heavy atom. The fraction of sp³-hybridized carbons (Fsp3) is 0.417. The van der Waals surface area contributed by atoms with E-state index < -0.39 is 40.2 Å². The third kappa shape index (κ3) is 7.63. The Kier molecular flexibility index (Phi) is 10.0. The third-order valence-corrected chi connectivity index (χ3v) is 7.07. The molecule has 0 heterocycles. The van der Waals surface area contributed by atoms with Crippen molar-refractivity contribution in [2.75, 3.05) is 17.1 Å². The summed E-state index contributed by atoms with van der Waals surface area (Å²) in [4.78, 5) is 27.8. The van der Waals surface area contributed by atoms with Crippen LogP contribution in [0.15, 0.2) is 42.5 Å². The molecule has 7 nitrogen and oxygen atoms in total. The van der Waals surface area contributed by atoms with Gasteiger partial charge in [0.2, 0.25) is 21.8 Å². The number of carbonyl (C=O) groups excluding carboxylic acids is 2. The average Bonchev–Trinajstić information content (AvgIpc) is 2.79. The molecule has 2 aromatic carbocycles. The number of carbonyl (C=O) groups is 2. The highest BCUT2D eigenvalue weighted by Crippen LogP contribution is 2.23. The molecule has 0 unspecified atom stereocenters. The van der Waals surface area contributed by atoms with Crippen LogP contribution in [0.5, 0.6) is 0 Å². The summed E-state index contributed by atoms with van der Waals surface area (Å²) in [6, 6.07) is 8.29. The van der Waals surface area contributed by atoms with Crippen LogP contribution < -0.4 is 9.62 Å². The number of amides is 2. The second-order valence-electron chi connectivity index (χ2n) is 8.22. The van der Waals surface area contributed by atoms with Crippen LogP contribution in [0.25, 0.3) is 0 Å². The normalized spacial score (nSPS) is 13.1. The van der Waals surface area contributed by atoms with E-state index in [1.807, 2.05) is 13.8 Å². The fourth-order valence-electron chi connectivity index (χ4n) is 3.42. The summed E-state index contributed by atoms with van der Waals surface area (Å²) in [5, 5.41) is 3.23. The van der Waals surface area contributed by atoms with E-state index in [9.17, 15) is 26.8 Å². The van der Waals surface area contributed by atoms with Gasteiger partial charge < -0.3 is 10.2 Å². The fourth-order valence-corrected chi connectivity index (χ4v) is 4.46. The molecule has 0 fully saturated rings. The first-order valence-electron chi connectivity index (χ1n) is 11.1. The molecule has 2 atom stereocenters. The lowest BCUT2D eigenvalue weighted by Gasteiger charge is -2.33. The van der Waals surface area contributed by atoms with E-state index in [2.05, 4.69) is 5.32 Å². The molecule has 0 saturated heterocycles. The monoisotopic (exact) mass is 529 g/mol. The van der Waals surface area contributed by atoms with Crippen LogP contribution in [0.1, 0.15) is 39.2 Å². The van der Waals surface area contributed by atoms with Gasteiger partial charge in [-0.05, 0) is 43.5 Å². The van der Waals surface area contributed by atoms with Gasteiger partial charge in [0, 0.05) is 23.7 Å². The van der Waals surface area contributed by atoms with Gasteiger partial charge in [-0.2, -0.15) is 0 Å². The van der Waals surface area contributed by atoms with Crippen LogP contribution in [0.4, 0.5) is 14.5 Å². The van der Waals surface area contributed by atoms with Crippen molar-refractivity contribution in [2.45, 2.75) is 52.2 Å².